The van der Waals surface area contributed by atoms with Crippen LogP contribution in [0, 0.1) is 0 Å². The molecule has 0 saturated carbocycles. The molecule has 5 heteroatoms. The van der Waals surface area contributed by atoms with Crippen molar-refractivity contribution in [3.63, 3.8) is 0 Å². The molecule has 88 valence electrons. The van der Waals surface area contributed by atoms with Crippen LogP contribution >= 0.6 is 15.9 Å². The molecule has 0 radical (unpaired) electrons. The number of ether oxygens (including phenoxy) is 2. The summed E-state index contributed by atoms with van der Waals surface area (Å²) in [6, 6.07) is 5.19. The van der Waals surface area contributed by atoms with Crippen molar-refractivity contribution in [2.24, 2.45) is 0 Å². The summed E-state index contributed by atoms with van der Waals surface area (Å²) in [7, 11) is 0. The Morgan fingerprint density at radius 2 is 2.19 bits per heavy atom. The second-order valence-electron chi connectivity index (χ2n) is 3.12. The van der Waals surface area contributed by atoms with E-state index in [1.807, 2.05) is 6.92 Å². The van der Waals surface area contributed by atoms with Gasteiger partial charge in [-0.3, -0.25) is 0 Å². The van der Waals surface area contributed by atoms with Crippen LogP contribution < -0.4 is 9.47 Å². The zero-order chi connectivity index (χ0) is 12.1. The van der Waals surface area contributed by atoms with E-state index in [1.54, 1.807) is 18.2 Å². The lowest BCUT2D eigenvalue weighted by molar-refractivity contribution is -0.144. The van der Waals surface area contributed by atoms with E-state index in [0.717, 1.165) is 4.47 Å². The highest BCUT2D eigenvalue weighted by molar-refractivity contribution is 9.10. The second-order valence-corrected chi connectivity index (χ2v) is 4.04. The van der Waals surface area contributed by atoms with Crippen LogP contribution in [0.1, 0.15) is 13.8 Å². The van der Waals surface area contributed by atoms with E-state index in [4.69, 9.17) is 14.6 Å². The van der Waals surface area contributed by atoms with Crippen molar-refractivity contribution in [2.75, 3.05) is 6.61 Å². The van der Waals surface area contributed by atoms with E-state index in [0.29, 0.717) is 18.1 Å². The van der Waals surface area contributed by atoms with Gasteiger partial charge in [-0.1, -0.05) is 15.9 Å². The molecule has 0 fully saturated rings. The number of carboxylic acid groups (broad SMARTS) is 1. The molecule has 0 saturated heterocycles. The summed E-state index contributed by atoms with van der Waals surface area (Å²) in [6.45, 7) is 3.82. The Morgan fingerprint density at radius 3 is 2.75 bits per heavy atom. The third kappa shape index (κ3) is 3.41. The first-order chi connectivity index (χ1) is 7.54. The van der Waals surface area contributed by atoms with E-state index in [-0.39, 0.29) is 0 Å². The molecule has 0 aliphatic heterocycles. The molecule has 0 heterocycles. The summed E-state index contributed by atoms with van der Waals surface area (Å²) in [4.78, 5) is 10.7. The van der Waals surface area contributed by atoms with Crippen LogP contribution in [0.4, 0.5) is 0 Å². The van der Waals surface area contributed by atoms with Crippen molar-refractivity contribution < 1.29 is 19.4 Å². The average Bonchev–Trinajstić information content (AvgIpc) is 2.22. The van der Waals surface area contributed by atoms with Crippen molar-refractivity contribution >= 4 is 21.9 Å². The molecule has 16 heavy (non-hydrogen) atoms. The summed E-state index contributed by atoms with van der Waals surface area (Å²) >= 11 is 3.31. The zero-order valence-corrected chi connectivity index (χ0v) is 10.7. The van der Waals surface area contributed by atoms with Crippen LogP contribution in [-0.2, 0) is 4.79 Å². The molecule has 0 aromatic heterocycles. The number of hydrogen-bond donors (Lipinski definition) is 1. The second kappa shape index (κ2) is 5.75. The molecule has 0 amide bonds. The number of hydrogen-bond acceptors (Lipinski definition) is 3. The molecule has 0 aliphatic rings. The van der Waals surface area contributed by atoms with Crippen LogP contribution in [0.5, 0.6) is 11.5 Å². The van der Waals surface area contributed by atoms with Gasteiger partial charge in [0.15, 0.2) is 17.6 Å². The Bertz CT molecular complexity index is 378. The highest BCUT2D eigenvalue weighted by Crippen LogP contribution is 2.31. The number of halogens is 1. The average molecular weight is 289 g/mol. The zero-order valence-electron chi connectivity index (χ0n) is 9.07. The lowest BCUT2D eigenvalue weighted by Crippen LogP contribution is -2.23. The molecular weight excluding hydrogens is 276 g/mol. The predicted octanol–water partition coefficient (Wildman–Crippen LogP) is 2.70. The van der Waals surface area contributed by atoms with Gasteiger partial charge in [-0.2, -0.15) is 0 Å². The third-order valence-corrected chi connectivity index (χ3v) is 2.35. The number of aliphatic carboxylic acids is 1. The minimum absolute atomic E-state index is 0.431. The summed E-state index contributed by atoms with van der Waals surface area (Å²) in [5.74, 6) is -0.0460. The summed E-state index contributed by atoms with van der Waals surface area (Å²) in [5.41, 5.74) is 0. The Labute approximate surface area is 102 Å². The van der Waals surface area contributed by atoms with Gasteiger partial charge in [-0.25, -0.2) is 4.79 Å². The Hall–Kier alpha value is -1.23. The van der Waals surface area contributed by atoms with Gasteiger partial charge in [-0.15, -0.1) is 0 Å². The quantitative estimate of drug-likeness (QED) is 0.905. The maximum absolute atomic E-state index is 10.7. The van der Waals surface area contributed by atoms with Crippen LogP contribution in [0.2, 0.25) is 0 Å². The van der Waals surface area contributed by atoms with Gasteiger partial charge in [-0.05, 0) is 32.0 Å². The number of rotatable bonds is 5. The van der Waals surface area contributed by atoms with Crippen LogP contribution in [0.15, 0.2) is 22.7 Å². The van der Waals surface area contributed by atoms with Crippen molar-refractivity contribution in [3.8, 4) is 11.5 Å². The fourth-order valence-electron chi connectivity index (χ4n) is 1.09. The topological polar surface area (TPSA) is 55.8 Å². The van der Waals surface area contributed by atoms with E-state index >= 15 is 0 Å². The van der Waals surface area contributed by atoms with Crippen LogP contribution in [0.25, 0.3) is 0 Å². The number of carboxylic acids is 1. The first-order valence-corrected chi connectivity index (χ1v) is 5.65. The maximum atomic E-state index is 10.7. The fourth-order valence-corrected chi connectivity index (χ4v) is 1.43. The van der Waals surface area contributed by atoms with Crippen molar-refractivity contribution in [1.29, 1.82) is 0 Å². The minimum Gasteiger partial charge on any atom is -0.490 e. The third-order valence-electron chi connectivity index (χ3n) is 1.86. The van der Waals surface area contributed by atoms with Gasteiger partial charge in [0, 0.05) is 4.47 Å². The number of carbonyl (C=O) groups is 1. The van der Waals surface area contributed by atoms with Gasteiger partial charge in [0.2, 0.25) is 0 Å². The molecule has 1 aromatic rings. The first-order valence-electron chi connectivity index (χ1n) is 4.86. The van der Waals surface area contributed by atoms with Gasteiger partial charge in [0.05, 0.1) is 6.61 Å². The van der Waals surface area contributed by atoms with Gasteiger partial charge >= 0.3 is 5.97 Å². The molecule has 1 unspecified atom stereocenters. The maximum Gasteiger partial charge on any atom is 0.344 e. The normalized spacial score (nSPS) is 11.9. The van der Waals surface area contributed by atoms with E-state index < -0.39 is 12.1 Å². The Kier molecular flexibility index (Phi) is 4.61. The minimum atomic E-state index is -1.01. The molecule has 0 spiro atoms. The van der Waals surface area contributed by atoms with Crippen LogP contribution in [-0.4, -0.2) is 23.8 Å². The summed E-state index contributed by atoms with van der Waals surface area (Å²) in [5, 5.41) is 8.74. The first kappa shape index (κ1) is 12.8. The van der Waals surface area contributed by atoms with Crippen molar-refractivity contribution in [1.82, 2.24) is 0 Å². The van der Waals surface area contributed by atoms with Crippen LogP contribution in [0.3, 0.4) is 0 Å². The van der Waals surface area contributed by atoms with Gasteiger partial charge in [0.1, 0.15) is 0 Å². The van der Waals surface area contributed by atoms with Gasteiger partial charge < -0.3 is 14.6 Å². The van der Waals surface area contributed by atoms with E-state index in [1.165, 1.54) is 6.92 Å². The Morgan fingerprint density at radius 1 is 1.50 bits per heavy atom. The Balaban J connectivity index is 2.89. The monoisotopic (exact) mass is 288 g/mol. The highest BCUT2D eigenvalue weighted by atomic mass is 79.9. The van der Waals surface area contributed by atoms with Gasteiger partial charge in [0.25, 0.3) is 0 Å². The largest absolute Gasteiger partial charge is 0.490 e. The molecule has 4 nitrogen and oxygen atoms in total. The molecule has 0 bridgehead atoms. The van der Waals surface area contributed by atoms with Crippen molar-refractivity contribution in [3.05, 3.63) is 22.7 Å². The standard InChI is InChI=1S/C11H13BrO4/c1-3-15-10-6-8(12)4-5-9(10)16-7(2)11(13)14/h4-7H,3H2,1-2H3,(H,13,14). The molecule has 1 N–H and O–H groups in total. The van der Waals surface area contributed by atoms with Crippen molar-refractivity contribution in [2.45, 2.75) is 20.0 Å². The molecule has 1 rings (SSSR count). The summed E-state index contributed by atoms with van der Waals surface area (Å²) < 4.78 is 11.5. The van der Waals surface area contributed by atoms with E-state index in [2.05, 4.69) is 15.9 Å². The predicted molar refractivity (Wildman–Crippen MR) is 63.0 cm³/mol. The number of benzene rings is 1. The van der Waals surface area contributed by atoms with E-state index in [9.17, 15) is 4.79 Å². The fraction of sp³-hybridized carbons (Fsp3) is 0.364. The molecule has 1 atom stereocenters. The molecular formula is C11H13BrO4. The molecule has 0 aliphatic carbocycles. The molecule has 1 aromatic carbocycles. The lowest BCUT2D eigenvalue weighted by atomic mass is 10.3. The highest BCUT2D eigenvalue weighted by Gasteiger charge is 2.15. The smallest absolute Gasteiger partial charge is 0.344 e. The summed E-state index contributed by atoms with van der Waals surface area (Å²) in [6.07, 6.45) is -0.902. The SMILES string of the molecule is CCOc1cc(Br)ccc1OC(C)C(=O)O. The lowest BCUT2D eigenvalue weighted by Gasteiger charge is -2.14.